The maximum Gasteiger partial charge on any atom is 0.415 e. The zero-order valence-electron chi connectivity index (χ0n) is 9.20. The molecule has 0 aliphatic rings. The van der Waals surface area contributed by atoms with Crippen molar-refractivity contribution >= 4 is 0 Å². The molecule has 0 aliphatic heterocycles. The molecule has 0 radical (unpaired) electrons. The van der Waals surface area contributed by atoms with E-state index in [1.807, 2.05) is 0 Å². The topological polar surface area (TPSA) is 52.5 Å². The van der Waals surface area contributed by atoms with Crippen LogP contribution in [-0.4, -0.2) is 29.0 Å². The van der Waals surface area contributed by atoms with Gasteiger partial charge in [0.15, 0.2) is 6.10 Å². The van der Waals surface area contributed by atoms with E-state index in [1.165, 1.54) is 12.1 Å². The van der Waals surface area contributed by atoms with Crippen LogP contribution in [0.25, 0.3) is 0 Å². The molecule has 96 valence electrons. The third-order valence-electron chi connectivity index (χ3n) is 2.37. The van der Waals surface area contributed by atoms with Gasteiger partial charge >= 0.3 is 6.18 Å². The van der Waals surface area contributed by atoms with Crippen LogP contribution in [0.2, 0.25) is 0 Å². The molecule has 0 aliphatic carbocycles. The number of aliphatic hydroxyl groups is 1. The average Bonchev–Trinajstić information content (AvgIpc) is 2.24. The van der Waals surface area contributed by atoms with Crippen molar-refractivity contribution in [2.45, 2.75) is 25.2 Å². The average molecular weight is 249 g/mol. The highest BCUT2D eigenvalue weighted by Gasteiger charge is 2.37. The number of hydrogen-bond donors (Lipinski definition) is 3. The summed E-state index contributed by atoms with van der Waals surface area (Å²) in [5.74, 6) is 0.0486. The molecule has 2 atom stereocenters. The Kier molecular flexibility index (Phi) is 4.36. The molecule has 0 bridgehead atoms. The van der Waals surface area contributed by atoms with Gasteiger partial charge in [0.25, 0.3) is 0 Å². The Morgan fingerprint density at radius 2 is 2.00 bits per heavy atom. The third kappa shape index (κ3) is 4.24. The highest BCUT2D eigenvalue weighted by molar-refractivity contribution is 5.28. The van der Waals surface area contributed by atoms with Crippen molar-refractivity contribution in [2.75, 3.05) is 6.54 Å². The fourth-order valence-corrected chi connectivity index (χ4v) is 1.32. The molecule has 3 N–H and O–H groups in total. The van der Waals surface area contributed by atoms with Gasteiger partial charge in [0.2, 0.25) is 0 Å². The summed E-state index contributed by atoms with van der Waals surface area (Å²) in [6, 6.07) is 5.82. The summed E-state index contributed by atoms with van der Waals surface area (Å²) in [5, 5.41) is 20.6. The molecule has 0 spiro atoms. The second-order valence-electron chi connectivity index (χ2n) is 3.78. The molecule has 6 heteroatoms. The zero-order valence-corrected chi connectivity index (χ0v) is 9.20. The van der Waals surface area contributed by atoms with Crippen molar-refractivity contribution in [3.8, 4) is 5.75 Å². The van der Waals surface area contributed by atoms with E-state index in [4.69, 9.17) is 5.11 Å². The molecular formula is C11H14F3NO2. The molecule has 2 unspecified atom stereocenters. The Morgan fingerprint density at radius 3 is 2.53 bits per heavy atom. The van der Waals surface area contributed by atoms with E-state index in [1.54, 1.807) is 19.1 Å². The number of aliphatic hydroxyl groups excluding tert-OH is 1. The molecule has 17 heavy (non-hydrogen) atoms. The zero-order chi connectivity index (χ0) is 13.1. The maximum absolute atomic E-state index is 12.0. The van der Waals surface area contributed by atoms with E-state index < -0.39 is 18.8 Å². The predicted octanol–water partition coefficient (Wildman–Crippen LogP) is 1.97. The molecule has 1 aromatic rings. The first-order valence-corrected chi connectivity index (χ1v) is 5.08. The smallest absolute Gasteiger partial charge is 0.415 e. The van der Waals surface area contributed by atoms with Crippen LogP contribution in [-0.2, 0) is 0 Å². The maximum atomic E-state index is 12.0. The lowest BCUT2D eigenvalue weighted by Crippen LogP contribution is -2.39. The minimum atomic E-state index is -4.62. The summed E-state index contributed by atoms with van der Waals surface area (Å²) in [7, 11) is 0. The Hall–Kier alpha value is -1.27. The number of aromatic hydroxyl groups is 1. The van der Waals surface area contributed by atoms with E-state index >= 15 is 0 Å². The van der Waals surface area contributed by atoms with E-state index in [0.29, 0.717) is 5.56 Å². The standard InChI is InChI=1S/C11H14F3NO2/c1-7(8-3-2-4-9(16)5-8)15-6-10(17)11(12,13)14/h2-5,7,10,15-17H,6H2,1H3. The van der Waals surface area contributed by atoms with Crippen LogP contribution in [0.1, 0.15) is 18.5 Å². The van der Waals surface area contributed by atoms with Gasteiger partial charge in [0.05, 0.1) is 0 Å². The first-order chi connectivity index (χ1) is 7.80. The summed E-state index contributed by atoms with van der Waals surface area (Å²) in [6.07, 6.45) is -7.01. The van der Waals surface area contributed by atoms with Gasteiger partial charge in [-0.05, 0) is 24.6 Å². The van der Waals surface area contributed by atoms with Crippen LogP contribution in [0, 0.1) is 0 Å². The third-order valence-corrected chi connectivity index (χ3v) is 2.37. The number of alkyl halides is 3. The molecule has 1 rings (SSSR count). The monoisotopic (exact) mass is 249 g/mol. The SMILES string of the molecule is CC(NCC(O)C(F)(F)F)c1cccc(O)c1. The summed E-state index contributed by atoms with van der Waals surface area (Å²) < 4.78 is 36.1. The highest BCUT2D eigenvalue weighted by atomic mass is 19.4. The van der Waals surface area contributed by atoms with Crippen LogP contribution in [0.15, 0.2) is 24.3 Å². The lowest BCUT2D eigenvalue weighted by Gasteiger charge is -2.19. The van der Waals surface area contributed by atoms with Crippen molar-refractivity contribution in [3.05, 3.63) is 29.8 Å². The molecule has 0 heterocycles. The number of rotatable bonds is 4. The van der Waals surface area contributed by atoms with Gasteiger partial charge in [-0.3, -0.25) is 0 Å². The molecule has 0 saturated carbocycles. The van der Waals surface area contributed by atoms with Crippen molar-refractivity contribution < 1.29 is 23.4 Å². The lowest BCUT2D eigenvalue weighted by atomic mass is 10.1. The summed E-state index contributed by atoms with van der Waals surface area (Å²) in [5.41, 5.74) is 0.652. The summed E-state index contributed by atoms with van der Waals surface area (Å²) in [4.78, 5) is 0. The van der Waals surface area contributed by atoms with Crippen LogP contribution in [0.4, 0.5) is 13.2 Å². The fraction of sp³-hybridized carbons (Fsp3) is 0.455. The number of hydrogen-bond acceptors (Lipinski definition) is 3. The normalized spacial score (nSPS) is 15.6. The van der Waals surface area contributed by atoms with E-state index in [9.17, 15) is 18.3 Å². The summed E-state index contributed by atoms with van der Waals surface area (Å²) in [6.45, 7) is 1.07. The quantitative estimate of drug-likeness (QED) is 0.764. The number of halogens is 3. The highest BCUT2D eigenvalue weighted by Crippen LogP contribution is 2.21. The van der Waals surface area contributed by atoms with E-state index in [0.717, 1.165) is 0 Å². The van der Waals surface area contributed by atoms with Crippen LogP contribution < -0.4 is 5.32 Å². The van der Waals surface area contributed by atoms with E-state index in [2.05, 4.69) is 5.32 Å². The van der Waals surface area contributed by atoms with Crippen LogP contribution in [0.5, 0.6) is 5.75 Å². The first-order valence-electron chi connectivity index (χ1n) is 5.08. The van der Waals surface area contributed by atoms with Crippen molar-refractivity contribution in [2.24, 2.45) is 0 Å². The molecular weight excluding hydrogens is 235 g/mol. The second kappa shape index (κ2) is 5.37. The molecule has 3 nitrogen and oxygen atoms in total. The molecule has 1 aromatic carbocycles. The Bertz CT molecular complexity index is 368. The molecule has 0 amide bonds. The number of phenols is 1. The van der Waals surface area contributed by atoms with Crippen molar-refractivity contribution in [1.82, 2.24) is 5.32 Å². The minimum Gasteiger partial charge on any atom is -0.508 e. The van der Waals surface area contributed by atoms with Crippen LogP contribution in [0.3, 0.4) is 0 Å². The van der Waals surface area contributed by atoms with Gasteiger partial charge in [-0.15, -0.1) is 0 Å². The number of benzene rings is 1. The molecule has 0 saturated heterocycles. The largest absolute Gasteiger partial charge is 0.508 e. The molecule has 0 fully saturated rings. The van der Waals surface area contributed by atoms with Crippen molar-refractivity contribution in [3.63, 3.8) is 0 Å². The Morgan fingerprint density at radius 1 is 1.35 bits per heavy atom. The second-order valence-corrected chi connectivity index (χ2v) is 3.78. The summed E-state index contributed by atoms with van der Waals surface area (Å²) >= 11 is 0. The Balaban J connectivity index is 2.53. The van der Waals surface area contributed by atoms with Gasteiger partial charge < -0.3 is 15.5 Å². The van der Waals surface area contributed by atoms with Gasteiger partial charge in [0.1, 0.15) is 5.75 Å². The minimum absolute atomic E-state index is 0.0486. The van der Waals surface area contributed by atoms with Crippen LogP contribution >= 0.6 is 0 Å². The lowest BCUT2D eigenvalue weighted by molar-refractivity contribution is -0.202. The predicted molar refractivity (Wildman–Crippen MR) is 56.6 cm³/mol. The Labute approximate surface area is 96.9 Å². The van der Waals surface area contributed by atoms with Crippen molar-refractivity contribution in [1.29, 1.82) is 0 Å². The fourth-order valence-electron chi connectivity index (χ4n) is 1.32. The number of phenolic OH excluding ortho intramolecular Hbond substituents is 1. The van der Waals surface area contributed by atoms with Gasteiger partial charge in [-0.2, -0.15) is 13.2 Å². The first kappa shape index (κ1) is 13.8. The van der Waals surface area contributed by atoms with E-state index in [-0.39, 0.29) is 11.8 Å². The van der Waals surface area contributed by atoms with Gasteiger partial charge in [-0.1, -0.05) is 12.1 Å². The van der Waals surface area contributed by atoms with Gasteiger partial charge in [-0.25, -0.2) is 0 Å². The molecule has 0 aromatic heterocycles. The number of nitrogens with one attached hydrogen (secondary N) is 1. The van der Waals surface area contributed by atoms with Gasteiger partial charge in [0, 0.05) is 12.6 Å².